The molecule has 1 aromatic carbocycles. The second-order valence-electron chi connectivity index (χ2n) is 6.06. The highest BCUT2D eigenvalue weighted by atomic mass is 16.5. The molecular formula is C18H27N3O4. The first-order chi connectivity index (χ1) is 12.1. The molecule has 0 aliphatic carbocycles. The molecule has 1 aliphatic heterocycles. The van der Waals surface area contributed by atoms with Crippen LogP contribution >= 0.6 is 0 Å². The molecule has 0 aromatic heterocycles. The van der Waals surface area contributed by atoms with Crippen molar-refractivity contribution in [2.45, 2.75) is 13.3 Å². The maximum atomic E-state index is 11.7. The van der Waals surface area contributed by atoms with Crippen LogP contribution in [0.4, 0.5) is 5.69 Å². The van der Waals surface area contributed by atoms with Crippen LogP contribution in [0.2, 0.25) is 0 Å². The molecule has 0 spiro atoms. The van der Waals surface area contributed by atoms with Gasteiger partial charge in [-0.1, -0.05) is 17.7 Å². The topological polar surface area (TPSA) is 79.9 Å². The molecule has 7 heteroatoms. The monoisotopic (exact) mass is 349 g/mol. The Morgan fingerprint density at radius 2 is 1.80 bits per heavy atom. The van der Waals surface area contributed by atoms with Gasteiger partial charge < -0.3 is 20.1 Å². The van der Waals surface area contributed by atoms with Crippen LogP contribution in [0, 0.1) is 6.92 Å². The van der Waals surface area contributed by atoms with Gasteiger partial charge in [-0.05, 0) is 32.0 Å². The van der Waals surface area contributed by atoms with Crippen LogP contribution in [0.25, 0.3) is 0 Å². The molecule has 2 N–H and O–H groups in total. The van der Waals surface area contributed by atoms with Crippen LogP contribution in [-0.2, 0) is 19.1 Å². The van der Waals surface area contributed by atoms with Gasteiger partial charge in [-0.25, -0.2) is 0 Å². The number of ether oxygens (including phenoxy) is 2. The molecule has 0 atom stereocenters. The van der Waals surface area contributed by atoms with E-state index in [1.807, 2.05) is 31.2 Å². The van der Waals surface area contributed by atoms with Crippen LogP contribution in [0.5, 0.6) is 0 Å². The largest absolute Gasteiger partial charge is 0.379 e. The fourth-order valence-electron chi connectivity index (χ4n) is 2.48. The van der Waals surface area contributed by atoms with Crippen molar-refractivity contribution < 1.29 is 19.1 Å². The van der Waals surface area contributed by atoms with Crippen LogP contribution in [-0.4, -0.2) is 69.3 Å². The Kier molecular flexibility index (Phi) is 8.38. The lowest BCUT2D eigenvalue weighted by molar-refractivity contribution is -0.128. The summed E-state index contributed by atoms with van der Waals surface area (Å²) < 4.78 is 10.4. The van der Waals surface area contributed by atoms with Gasteiger partial charge in [0.25, 0.3) is 0 Å². The van der Waals surface area contributed by atoms with E-state index >= 15 is 0 Å². The zero-order valence-corrected chi connectivity index (χ0v) is 14.8. The Hall–Kier alpha value is -1.96. The first-order valence-electron chi connectivity index (χ1n) is 8.64. The van der Waals surface area contributed by atoms with Gasteiger partial charge in [0, 0.05) is 25.3 Å². The lowest BCUT2D eigenvalue weighted by Crippen LogP contribution is -2.38. The Bertz CT molecular complexity index is 542. The average molecular weight is 349 g/mol. The molecule has 2 rings (SSSR count). The number of hydrogen-bond acceptors (Lipinski definition) is 5. The van der Waals surface area contributed by atoms with E-state index in [4.69, 9.17) is 9.47 Å². The molecule has 0 radical (unpaired) electrons. The molecule has 25 heavy (non-hydrogen) atoms. The SMILES string of the molecule is Cc1ccc(NC(=O)COCC(=O)NCCCN2CCOCC2)cc1. The molecular weight excluding hydrogens is 322 g/mol. The van der Waals surface area contributed by atoms with Crippen molar-refractivity contribution in [3.63, 3.8) is 0 Å². The summed E-state index contributed by atoms with van der Waals surface area (Å²) in [6.07, 6.45) is 0.889. The number of nitrogens with zero attached hydrogens (tertiary/aromatic N) is 1. The highest BCUT2D eigenvalue weighted by molar-refractivity contribution is 5.91. The molecule has 1 heterocycles. The summed E-state index contributed by atoms with van der Waals surface area (Å²) in [6, 6.07) is 7.49. The van der Waals surface area contributed by atoms with Crippen LogP contribution in [0.1, 0.15) is 12.0 Å². The van der Waals surface area contributed by atoms with Crippen molar-refractivity contribution in [1.29, 1.82) is 0 Å². The van der Waals surface area contributed by atoms with Gasteiger partial charge in [-0.2, -0.15) is 0 Å². The van der Waals surface area contributed by atoms with Crippen molar-refractivity contribution >= 4 is 17.5 Å². The zero-order valence-electron chi connectivity index (χ0n) is 14.8. The summed E-state index contributed by atoms with van der Waals surface area (Å²) in [5, 5.41) is 5.52. The highest BCUT2D eigenvalue weighted by Crippen LogP contribution is 2.08. The first-order valence-corrected chi connectivity index (χ1v) is 8.64. The quantitative estimate of drug-likeness (QED) is 0.645. The summed E-state index contributed by atoms with van der Waals surface area (Å²) in [6.45, 7) is 6.75. The summed E-state index contributed by atoms with van der Waals surface area (Å²) in [5.74, 6) is -0.478. The van der Waals surface area contributed by atoms with Crippen molar-refractivity contribution in [2.75, 3.05) is 57.9 Å². The molecule has 1 fully saturated rings. The number of hydrogen-bond donors (Lipinski definition) is 2. The number of nitrogens with one attached hydrogen (secondary N) is 2. The number of carbonyl (C=O) groups excluding carboxylic acids is 2. The minimum atomic E-state index is -0.274. The first kappa shape index (κ1) is 19.4. The van der Waals surface area contributed by atoms with Crippen molar-refractivity contribution in [3.05, 3.63) is 29.8 Å². The van der Waals surface area contributed by atoms with E-state index < -0.39 is 0 Å². The van der Waals surface area contributed by atoms with E-state index in [-0.39, 0.29) is 25.0 Å². The van der Waals surface area contributed by atoms with Gasteiger partial charge in [-0.15, -0.1) is 0 Å². The van der Waals surface area contributed by atoms with Gasteiger partial charge in [0.05, 0.1) is 13.2 Å². The molecule has 2 amide bonds. The molecule has 7 nitrogen and oxygen atoms in total. The third-order valence-corrected chi connectivity index (χ3v) is 3.88. The van der Waals surface area contributed by atoms with Crippen molar-refractivity contribution in [2.24, 2.45) is 0 Å². The number of anilines is 1. The van der Waals surface area contributed by atoms with E-state index in [0.717, 1.165) is 44.8 Å². The Labute approximate surface area is 148 Å². The molecule has 0 unspecified atom stereocenters. The number of aryl methyl sites for hydroxylation is 1. The lowest BCUT2D eigenvalue weighted by atomic mass is 10.2. The number of morpholine rings is 1. The van der Waals surface area contributed by atoms with E-state index in [2.05, 4.69) is 15.5 Å². The highest BCUT2D eigenvalue weighted by Gasteiger charge is 2.10. The van der Waals surface area contributed by atoms with E-state index in [0.29, 0.717) is 12.2 Å². The third kappa shape index (κ3) is 8.11. The molecule has 138 valence electrons. The standard InChI is InChI=1S/C18H27N3O4/c1-15-3-5-16(6-4-15)20-18(23)14-25-13-17(22)19-7-2-8-21-9-11-24-12-10-21/h3-6H,2,7-14H2,1H3,(H,19,22)(H,20,23). The van der Waals surface area contributed by atoms with Gasteiger partial charge >= 0.3 is 0 Å². The van der Waals surface area contributed by atoms with Gasteiger partial charge in [0.1, 0.15) is 13.2 Å². The van der Waals surface area contributed by atoms with E-state index in [1.54, 1.807) is 0 Å². The maximum Gasteiger partial charge on any atom is 0.250 e. The molecule has 0 bridgehead atoms. The molecule has 1 aromatic rings. The number of amides is 2. The molecule has 0 saturated carbocycles. The Morgan fingerprint density at radius 1 is 1.12 bits per heavy atom. The van der Waals surface area contributed by atoms with Crippen LogP contribution in [0.3, 0.4) is 0 Å². The Balaban J connectivity index is 1.49. The average Bonchev–Trinajstić information content (AvgIpc) is 2.62. The summed E-state index contributed by atoms with van der Waals surface area (Å²) >= 11 is 0. The fourth-order valence-corrected chi connectivity index (χ4v) is 2.48. The summed E-state index contributed by atoms with van der Waals surface area (Å²) in [4.78, 5) is 25.7. The van der Waals surface area contributed by atoms with Gasteiger partial charge in [-0.3, -0.25) is 14.5 Å². The summed E-state index contributed by atoms with van der Waals surface area (Å²) in [5.41, 5.74) is 1.84. The smallest absolute Gasteiger partial charge is 0.250 e. The number of rotatable bonds is 9. The second-order valence-corrected chi connectivity index (χ2v) is 6.06. The number of carbonyl (C=O) groups is 2. The Morgan fingerprint density at radius 3 is 2.52 bits per heavy atom. The molecule has 1 saturated heterocycles. The third-order valence-electron chi connectivity index (χ3n) is 3.88. The maximum absolute atomic E-state index is 11.7. The van der Waals surface area contributed by atoms with E-state index in [1.165, 1.54) is 0 Å². The summed E-state index contributed by atoms with van der Waals surface area (Å²) in [7, 11) is 0. The van der Waals surface area contributed by atoms with Crippen molar-refractivity contribution in [3.8, 4) is 0 Å². The number of benzene rings is 1. The second kappa shape index (κ2) is 10.8. The normalized spacial score (nSPS) is 14.9. The fraction of sp³-hybridized carbons (Fsp3) is 0.556. The predicted octanol–water partition coefficient (Wildman–Crippen LogP) is 0.789. The lowest BCUT2D eigenvalue weighted by Gasteiger charge is -2.26. The van der Waals surface area contributed by atoms with Crippen LogP contribution in [0.15, 0.2) is 24.3 Å². The van der Waals surface area contributed by atoms with E-state index in [9.17, 15) is 9.59 Å². The molecule has 1 aliphatic rings. The minimum absolute atomic E-state index is 0.112. The minimum Gasteiger partial charge on any atom is -0.379 e. The predicted molar refractivity (Wildman–Crippen MR) is 95.5 cm³/mol. The van der Waals surface area contributed by atoms with Gasteiger partial charge in [0.15, 0.2) is 0 Å². The van der Waals surface area contributed by atoms with Gasteiger partial charge in [0.2, 0.25) is 11.8 Å². The zero-order chi connectivity index (χ0) is 17.9. The van der Waals surface area contributed by atoms with Crippen molar-refractivity contribution in [1.82, 2.24) is 10.2 Å². The van der Waals surface area contributed by atoms with Crippen LogP contribution < -0.4 is 10.6 Å².